The van der Waals surface area contributed by atoms with E-state index in [9.17, 15) is 9.59 Å². The van der Waals surface area contributed by atoms with Gasteiger partial charge in [0.2, 0.25) is 11.8 Å². The zero-order valence-corrected chi connectivity index (χ0v) is 17.5. The molecule has 2 amide bonds. The summed E-state index contributed by atoms with van der Waals surface area (Å²) in [7, 11) is 0. The second-order valence-electron chi connectivity index (χ2n) is 6.03. The van der Waals surface area contributed by atoms with Crippen molar-refractivity contribution in [2.75, 3.05) is 10.6 Å². The fraction of sp³-hybridized carbons (Fsp3) is 0.300. The van der Waals surface area contributed by atoms with Gasteiger partial charge in [-0.15, -0.1) is 11.8 Å². The fourth-order valence-corrected chi connectivity index (χ4v) is 3.49. The molecule has 2 N–H and O–H groups in total. The van der Waals surface area contributed by atoms with Crippen LogP contribution in [0.3, 0.4) is 0 Å². The first-order valence-corrected chi connectivity index (χ1v) is 10.4. The van der Waals surface area contributed by atoms with Crippen LogP contribution in [0.5, 0.6) is 0 Å². The average Bonchev–Trinajstić information content (AvgIpc) is 2.65. The minimum absolute atomic E-state index is 0.0170. The number of halogens is 2. The van der Waals surface area contributed by atoms with Gasteiger partial charge in [-0.2, -0.15) is 0 Å². The third-order valence-electron chi connectivity index (χ3n) is 3.79. The topological polar surface area (TPSA) is 58.2 Å². The summed E-state index contributed by atoms with van der Waals surface area (Å²) in [5, 5.41) is 6.06. The van der Waals surface area contributed by atoms with Gasteiger partial charge in [-0.1, -0.05) is 42.6 Å². The molecule has 4 nitrogen and oxygen atoms in total. The second kappa shape index (κ2) is 10.6. The van der Waals surface area contributed by atoms with Crippen LogP contribution in [0.1, 0.15) is 33.1 Å². The Bertz CT molecular complexity index is 797. The van der Waals surface area contributed by atoms with Crippen molar-refractivity contribution in [1.82, 2.24) is 0 Å². The van der Waals surface area contributed by atoms with Crippen LogP contribution in [0.4, 0.5) is 11.4 Å². The molecule has 7 heteroatoms. The van der Waals surface area contributed by atoms with E-state index in [2.05, 4.69) is 17.6 Å². The Hall–Kier alpha value is -1.69. The Balaban J connectivity index is 1.91. The maximum Gasteiger partial charge on any atom is 0.237 e. The third kappa shape index (κ3) is 6.76. The van der Waals surface area contributed by atoms with Gasteiger partial charge in [0, 0.05) is 17.0 Å². The van der Waals surface area contributed by atoms with Gasteiger partial charge in [0.25, 0.3) is 0 Å². The number of carbonyl (C=O) groups is 2. The molecule has 2 rings (SSSR count). The number of hydrogen-bond donors (Lipinski definition) is 2. The van der Waals surface area contributed by atoms with E-state index in [0.29, 0.717) is 22.2 Å². The van der Waals surface area contributed by atoms with Crippen LogP contribution in [0.2, 0.25) is 10.0 Å². The van der Waals surface area contributed by atoms with Gasteiger partial charge in [0.1, 0.15) is 0 Å². The maximum absolute atomic E-state index is 12.4. The normalized spacial score (nSPS) is 11.7. The predicted molar refractivity (Wildman–Crippen MR) is 115 cm³/mol. The number of hydrogen-bond acceptors (Lipinski definition) is 3. The van der Waals surface area contributed by atoms with E-state index in [0.717, 1.165) is 23.4 Å². The van der Waals surface area contributed by atoms with Crippen molar-refractivity contribution in [2.45, 2.75) is 43.3 Å². The summed E-state index contributed by atoms with van der Waals surface area (Å²) in [5.74, 6) is -0.149. The molecular formula is C20H22Cl2N2O2S. The molecule has 27 heavy (non-hydrogen) atoms. The molecule has 1 atom stereocenters. The fourth-order valence-electron chi connectivity index (χ4n) is 2.27. The summed E-state index contributed by atoms with van der Waals surface area (Å²) in [6, 6.07) is 12.6. The predicted octanol–water partition coefficient (Wildman–Crippen LogP) is 6.24. The Morgan fingerprint density at radius 1 is 1.07 bits per heavy atom. The molecule has 144 valence electrons. The monoisotopic (exact) mass is 424 g/mol. The summed E-state index contributed by atoms with van der Waals surface area (Å²) in [4.78, 5) is 25.1. The van der Waals surface area contributed by atoms with E-state index in [1.807, 2.05) is 31.2 Å². The van der Waals surface area contributed by atoms with Gasteiger partial charge in [-0.05, 0) is 49.7 Å². The van der Waals surface area contributed by atoms with E-state index >= 15 is 0 Å². The van der Waals surface area contributed by atoms with Gasteiger partial charge >= 0.3 is 0 Å². The highest BCUT2D eigenvalue weighted by atomic mass is 35.5. The number of amides is 2. The molecule has 2 aromatic rings. The standard InChI is InChI=1S/C20H22Cl2N2O2S/c1-3-4-8-18(25)23-14-9-11-15(12-10-14)27-13(2)20(26)24-17-7-5-6-16(21)19(17)22/h5-7,9-13H,3-4,8H2,1-2H3,(H,23,25)(H,24,26). The Kier molecular flexibility index (Phi) is 8.48. The number of nitrogens with one attached hydrogen (secondary N) is 2. The summed E-state index contributed by atoms with van der Waals surface area (Å²) in [6.45, 7) is 3.87. The largest absolute Gasteiger partial charge is 0.326 e. The molecule has 0 aliphatic rings. The summed E-state index contributed by atoms with van der Waals surface area (Å²) >= 11 is 13.5. The lowest BCUT2D eigenvalue weighted by atomic mass is 10.2. The van der Waals surface area contributed by atoms with Crippen LogP contribution in [0.15, 0.2) is 47.4 Å². The van der Waals surface area contributed by atoms with Crippen molar-refractivity contribution in [3.8, 4) is 0 Å². The summed E-state index contributed by atoms with van der Waals surface area (Å²) in [5.41, 5.74) is 1.25. The molecule has 0 fully saturated rings. The number of benzene rings is 2. The van der Waals surface area contributed by atoms with Crippen LogP contribution in [-0.2, 0) is 9.59 Å². The lowest BCUT2D eigenvalue weighted by molar-refractivity contribution is -0.116. The molecule has 0 bridgehead atoms. The quantitative estimate of drug-likeness (QED) is 0.492. The van der Waals surface area contributed by atoms with Crippen molar-refractivity contribution < 1.29 is 9.59 Å². The van der Waals surface area contributed by atoms with Crippen molar-refractivity contribution in [1.29, 1.82) is 0 Å². The molecule has 0 aromatic heterocycles. The molecule has 0 spiro atoms. The minimum Gasteiger partial charge on any atom is -0.326 e. The first-order chi connectivity index (χ1) is 12.9. The summed E-state index contributed by atoms with van der Waals surface area (Å²) < 4.78 is 0. The van der Waals surface area contributed by atoms with Crippen LogP contribution >= 0.6 is 35.0 Å². The van der Waals surface area contributed by atoms with Crippen molar-refractivity contribution in [3.05, 3.63) is 52.5 Å². The SMILES string of the molecule is CCCCC(=O)Nc1ccc(SC(C)C(=O)Nc2cccc(Cl)c2Cl)cc1. The van der Waals surface area contributed by atoms with Gasteiger partial charge in [-0.25, -0.2) is 0 Å². The number of unbranched alkanes of at least 4 members (excludes halogenated alkanes) is 1. The molecular weight excluding hydrogens is 403 g/mol. The van der Waals surface area contributed by atoms with E-state index < -0.39 is 0 Å². The molecule has 0 heterocycles. The van der Waals surface area contributed by atoms with Crippen LogP contribution < -0.4 is 10.6 Å². The van der Waals surface area contributed by atoms with E-state index in [4.69, 9.17) is 23.2 Å². The average molecular weight is 425 g/mol. The van der Waals surface area contributed by atoms with Crippen LogP contribution in [0, 0.1) is 0 Å². The van der Waals surface area contributed by atoms with E-state index in [-0.39, 0.29) is 17.1 Å². The lowest BCUT2D eigenvalue weighted by Crippen LogP contribution is -2.22. The first kappa shape index (κ1) is 21.6. The molecule has 0 aliphatic heterocycles. The maximum atomic E-state index is 12.4. The number of carbonyl (C=O) groups excluding carboxylic acids is 2. The van der Waals surface area contributed by atoms with E-state index in [1.165, 1.54) is 11.8 Å². The Morgan fingerprint density at radius 3 is 2.44 bits per heavy atom. The molecule has 0 aliphatic carbocycles. The van der Waals surface area contributed by atoms with Gasteiger partial charge in [0.05, 0.1) is 21.0 Å². The third-order valence-corrected chi connectivity index (χ3v) is 5.72. The zero-order valence-electron chi connectivity index (χ0n) is 15.2. The van der Waals surface area contributed by atoms with Gasteiger partial charge in [0.15, 0.2) is 0 Å². The Labute approximate surface area is 174 Å². The molecule has 0 saturated carbocycles. The first-order valence-electron chi connectivity index (χ1n) is 8.72. The van der Waals surface area contributed by atoms with Crippen molar-refractivity contribution in [2.24, 2.45) is 0 Å². The highest BCUT2D eigenvalue weighted by molar-refractivity contribution is 8.00. The smallest absolute Gasteiger partial charge is 0.237 e. The van der Waals surface area contributed by atoms with Crippen LogP contribution in [-0.4, -0.2) is 17.1 Å². The molecule has 2 aromatic carbocycles. The molecule has 0 radical (unpaired) electrons. The molecule has 0 saturated heterocycles. The summed E-state index contributed by atoms with van der Waals surface area (Å²) in [6.07, 6.45) is 2.39. The van der Waals surface area contributed by atoms with Gasteiger partial charge < -0.3 is 10.6 Å². The van der Waals surface area contributed by atoms with Gasteiger partial charge in [-0.3, -0.25) is 9.59 Å². The van der Waals surface area contributed by atoms with Crippen LogP contribution in [0.25, 0.3) is 0 Å². The second-order valence-corrected chi connectivity index (χ2v) is 8.23. The highest BCUT2D eigenvalue weighted by Crippen LogP contribution is 2.31. The van der Waals surface area contributed by atoms with Crippen molar-refractivity contribution in [3.63, 3.8) is 0 Å². The van der Waals surface area contributed by atoms with Crippen molar-refractivity contribution >= 4 is 58.2 Å². The minimum atomic E-state index is -0.329. The Morgan fingerprint density at radius 2 is 1.78 bits per heavy atom. The number of thioether (sulfide) groups is 1. The van der Waals surface area contributed by atoms with E-state index in [1.54, 1.807) is 18.2 Å². The number of anilines is 2. The molecule has 1 unspecified atom stereocenters. The highest BCUT2D eigenvalue weighted by Gasteiger charge is 2.16. The zero-order chi connectivity index (χ0) is 19.8. The lowest BCUT2D eigenvalue weighted by Gasteiger charge is -2.14. The number of rotatable bonds is 8.